The zero-order valence-electron chi connectivity index (χ0n) is 10.4. The third kappa shape index (κ3) is 4.15. The van der Waals surface area contributed by atoms with Crippen molar-refractivity contribution in [2.24, 2.45) is 0 Å². The summed E-state index contributed by atoms with van der Waals surface area (Å²) in [7, 11) is 0. The number of ether oxygens (including phenoxy) is 1. The average Bonchev–Trinajstić information content (AvgIpc) is 2.96. The molecular weight excluding hydrogens is 340 g/mol. The highest BCUT2D eigenvalue weighted by Gasteiger charge is 2.11. The van der Waals surface area contributed by atoms with Crippen LogP contribution in [0.3, 0.4) is 0 Å². The molecule has 2 rings (SSSR count). The van der Waals surface area contributed by atoms with Crippen LogP contribution in [-0.4, -0.2) is 18.4 Å². The van der Waals surface area contributed by atoms with Crippen LogP contribution < -0.4 is 0 Å². The van der Waals surface area contributed by atoms with E-state index in [2.05, 4.69) is 15.9 Å². The summed E-state index contributed by atoms with van der Waals surface area (Å²) in [4.78, 5) is 24.3. The number of thiophene rings is 1. The summed E-state index contributed by atoms with van der Waals surface area (Å²) in [5, 5.41) is 1.92. The van der Waals surface area contributed by atoms with Gasteiger partial charge < -0.3 is 4.74 Å². The third-order valence-electron chi connectivity index (χ3n) is 2.45. The van der Waals surface area contributed by atoms with Crippen LogP contribution in [0.1, 0.15) is 15.2 Å². The number of hydrogen-bond acceptors (Lipinski definition) is 4. The number of halogens is 1. The van der Waals surface area contributed by atoms with Gasteiger partial charge in [0.25, 0.3) is 0 Å². The molecular formula is C15H11BrO3S. The van der Waals surface area contributed by atoms with Crippen molar-refractivity contribution in [1.29, 1.82) is 0 Å². The van der Waals surface area contributed by atoms with Gasteiger partial charge in [-0.25, -0.2) is 4.79 Å². The normalized spacial score (nSPS) is 10.7. The topological polar surface area (TPSA) is 43.4 Å². The molecule has 0 spiro atoms. The number of rotatable bonds is 5. The lowest BCUT2D eigenvalue weighted by Crippen LogP contribution is -2.12. The molecule has 1 heterocycles. The van der Waals surface area contributed by atoms with Gasteiger partial charge in [0.1, 0.15) is 0 Å². The van der Waals surface area contributed by atoms with Gasteiger partial charge in [-0.05, 0) is 23.6 Å². The SMILES string of the molecule is O=C(/C=C/c1cccs1)OCC(=O)c1ccccc1Br. The maximum Gasteiger partial charge on any atom is 0.331 e. The maximum absolute atomic E-state index is 11.9. The van der Waals surface area contributed by atoms with Crippen molar-refractivity contribution in [3.8, 4) is 0 Å². The number of Topliss-reactive ketones (excluding diaryl/α,β-unsaturated/α-hetero) is 1. The monoisotopic (exact) mass is 350 g/mol. The average molecular weight is 351 g/mol. The summed E-state index contributed by atoms with van der Waals surface area (Å²) in [6, 6.07) is 10.8. The second-order valence-electron chi connectivity index (χ2n) is 3.86. The van der Waals surface area contributed by atoms with Gasteiger partial charge in [-0.15, -0.1) is 11.3 Å². The number of benzene rings is 1. The van der Waals surface area contributed by atoms with Gasteiger partial charge in [0.2, 0.25) is 5.78 Å². The summed E-state index contributed by atoms with van der Waals surface area (Å²) in [5.41, 5.74) is 0.502. The van der Waals surface area contributed by atoms with Gasteiger partial charge in [-0.2, -0.15) is 0 Å². The Morgan fingerprint density at radius 2 is 2.00 bits per heavy atom. The zero-order valence-corrected chi connectivity index (χ0v) is 12.8. The Kier molecular flexibility index (Phi) is 5.26. The lowest BCUT2D eigenvalue weighted by Gasteiger charge is -2.03. The molecule has 0 aliphatic carbocycles. The Balaban J connectivity index is 1.87. The predicted molar refractivity (Wildman–Crippen MR) is 82.8 cm³/mol. The molecule has 0 fully saturated rings. The van der Waals surface area contributed by atoms with Crippen LogP contribution in [-0.2, 0) is 9.53 Å². The van der Waals surface area contributed by atoms with Crippen molar-refractivity contribution in [2.75, 3.05) is 6.61 Å². The largest absolute Gasteiger partial charge is 0.454 e. The highest BCUT2D eigenvalue weighted by atomic mass is 79.9. The first kappa shape index (κ1) is 14.7. The number of esters is 1. The predicted octanol–water partition coefficient (Wildman–Crippen LogP) is 3.95. The fourth-order valence-corrected chi connectivity index (χ4v) is 2.61. The maximum atomic E-state index is 11.9. The number of hydrogen-bond donors (Lipinski definition) is 0. The number of carbonyl (C=O) groups excluding carboxylic acids is 2. The fraction of sp³-hybridized carbons (Fsp3) is 0.0667. The molecule has 0 bridgehead atoms. The minimum atomic E-state index is -0.529. The van der Waals surface area contributed by atoms with Crippen molar-refractivity contribution < 1.29 is 14.3 Å². The summed E-state index contributed by atoms with van der Waals surface area (Å²) in [5.74, 6) is -0.769. The molecule has 2 aromatic rings. The molecule has 0 saturated heterocycles. The minimum absolute atomic E-state index is 0.240. The van der Waals surface area contributed by atoms with Gasteiger partial charge >= 0.3 is 5.97 Å². The first-order valence-electron chi connectivity index (χ1n) is 5.83. The lowest BCUT2D eigenvalue weighted by atomic mass is 10.1. The second kappa shape index (κ2) is 7.17. The molecule has 102 valence electrons. The Labute approximate surface area is 129 Å². The van der Waals surface area contributed by atoms with Crippen LogP contribution in [0.5, 0.6) is 0 Å². The van der Waals surface area contributed by atoms with E-state index in [0.717, 1.165) is 4.88 Å². The van der Waals surface area contributed by atoms with Crippen molar-refractivity contribution >= 4 is 45.1 Å². The second-order valence-corrected chi connectivity index (χ2v) is 5.69. The van der Waals surface area contributed by atoms with E-state index in [1.807, 2.05) is 23.6 Å². The van der Waals surface area contributed by atoms with Crippen LogP contribution >= 0.6 is 27.3 Å². The molecule has 0 aliphatic rings. The van der Waals surface area contributed by atoms with Gasteiger partial charge in [-0.1, -0.05) is 40.2 Å². The van der Waals surface area contributed by atoms with Gasteiger partial charge in [-0.3, -0.25) is 4.79 Å². The molecule has 0 atom stereocenters. The van der Waals surface area contributed by atoms with E-state index in [0.29, 0.717) is 10.0 Å². The van der Waals surface area contributed by atoms with E-state index in [1.165, 1.54) is 17.4 Å². The van der Waals surface area contributed by atoms with Crippen LogP contribution in [0.4, 0.5) is 0 Å². The molecule has 1 aromatic carbocycles. The molecule has 0 N–H and O–H groups in total. The summed E-state index contributed by atoms with van der Waals surface area (Å²) in [6.07, 6.45) is 2.98. The first-order chi connectivity index (χ1) is 9.66. The number of carbonyl (C=O) groups is 2. The zero-order chi connectivity index (χ0) is 14.4. The molecule has 0 unspecified atom stereocenters. The van der Waals surface area contributed by atoms with Crippen LogP contribution in [0.2, 0.25) is 0 Å². The smallest absolute Gasteiger partial charge is 0.331 e. The standard InChI is InChI=1S/C15H11BrO3S/c16-13-6-2-1-5-12(13)14(17)10-19-15(18)8-7-11-4-3-9-20-11/h1-9H,10H2/b8-7+. The Morgan fingerprint density at radius 1 is 1.20 bits per heavy atom. The van der Waals surface area contributed by atoms with E-state index in [1.54, 1.807) is 24.3 Å². The highest BCUT2D eigenvalue weighted by molar-refractivity contribution is 9.10. The summed E-state index contributed by atoms with van der Waals surface area (Å²) in [6.45, 7) is -0.268. The molecule has 0 amide bonds. The van der Waals surface area contributed by atoms with Crippen LogP contribution in [0.15, 0.2) is 52.3 Å². The van der Waals surface area contributed by atoms with Crippen LogP contribution in [0, 0.1) is 0 Å². The first-order valence-corrected chi connectivity index (χ1v) is 7.50. The molecule has 20 heavy (non-hydrogen) atoms. The lowest BCUT2D eigenvalue weighted by molar-refractivity contribution is -0.136. The fourth-order valence-electron chi connectivity index (χ4n) is 1.49. The van der Waals surface area contributed by atoms with E-state index >= 15 is 0 Å². The van der Waals surface area contributed by atoms with Crippen molar-refractivity contribution in [1.82, 2.24) is 0 Å². The van der Waals surface area contributed by atoms with Crippen molar-refractivity contribution in [2.45, 2.75) is 0 Å². The van der Waals surface area contributed by atoms with E-state index < -0.39 is 5.97 Å². The van der Waals surface area contributed by atoms with Crippen molar-refractivity contribution in [3.63, 3.8) is 0 Å². The van der Waals surface area contributed by atoms with E-state index in [9.17, 15) is 9.59 Å². The molecule has 3 nitrogen and oxygen atoms in total. The third-order valence-corrected chi connectivity index (χ3v) is 3.98. The van der Waals surface area contributed by atoms with E-state index in [4.69, 9.17) is 4.74 Å². The molecule has 0 saturated carbocycles. The van der Waals surface area contributed by atoms with Crippen LogP contribution in [0.25, 0.3) is 6.08 Å². The molecule has 0 radical (unpaired) electrons. The Bertz CT molecular complexity index is 632. The minimum Gasteiger partial charge on any atom is -0.454 e. The van der Waals surface area contributed by atoms with Gasteiger partial charge in [0.05, 0.1) is 0 Å². The highest BCUT2D eigenvalue weighted by Crippen LogP contribution is 2.16. The summed E-state index contributed by atoms with van der Waals surface area (Å²) < 4.78 is 5.61. The Morgan fingerprint density at radius 3 is 2.70 bits per heavy atom. The number of ketones is 1. The Hall–Kier alpha value is -1.72. The molecule has 5 heteroatoms. The van der Waals surface area contributed by atoms with Gasteiger partial charge in [0, 0.05) is 21.0 Å². The van der Waals surface area contributed by atoms with E-state index in [-0.39, 0.29) is 12.4 Å². The quantitative estimate of drug-likeness (QED) is 0.465. The molecule has 1 aromatic heterocycles. The van der Waals surface area contributed by atoms with Crippen molar-refractivity contribution in [3.05, 3.63) is 62.8 Å². The van der Waals surface area contributed by atoms with Gasteiger partial charge in [0.15, 0.2) is 6.61 Å². The summed E-state index contributed by atoms with van der Waals surface area (Å²) >= 11 is 4.81. The molecule has 0 aliphatic heterocycles.